The SMILES string of the molecule is CNCCCC(=O)NC1CC(=O)N(C2CC2)C1. The molecular weight excluding hydrogens is 218 g/mol. The van der Waals surface area contributed by atoms with E-state index in [1.54, 1.807) is 0 Å². The highest BCUT2D eigenvalue weighted by Crippen LogP contribution is 2.30. The van der Waals surface area contributed by atoms with Crippen molar-refractivity contribution in [3.8, 4) is 0 Å². The number of carbonyl (C=O) groups excluding carboxylic acids is 2. The van der Waals surface area contributed by atoms with Gasteiger partial charge in [0.1, 0.15) is 0 Å². The third-order valence-electron chi connectivity index (χ3n) is 3.34. The number of rotatable bonds is 6. The predicted octanol–water partition coefficient (Wildman–Crippen LogP) is -0.134. The summed E-state index contributed by atoms with van der Waals surface area (Å²) in [5, 5.41) is 5.96. The van der Waals surface area contributed by atoms with E-state index in [9.17, 15) is 9.59 Å². The highest BCUT2D eigenvalue weighted by Gasteiger charge is 2.39. The number of hydrogen-bond acceptors (Lipinski definition) is 3. The van der Waals surface area contributed by atoms with Gasteiger partial charge < -0.3 is 15.5 Å². The van der Waals surface area contributed by atoms with Gasteiger partial charge in [0.25, 0.3) is 0 Å². The summed E-state index contributed by atoms with van der Waals surface area (Å²) >= 11 is 0. The molecule has 2 N–H and O–H groups in total. The van der Waals surface area contributed by atoms with Gasteiger partial charge in [0.2, 0.25) is 11.8 Å². The molecule has 0 bridgehead atoms. The van der Waals surface area contributed by atoms with Crippen molar-refractivity contribution in [3.63, 3.8) is 0 Å². The fraction of sp³-hybridized carbons (Fsp3) is 0.833. The van der Waals surface area contributed by atoms with E-state index in [0.29, 0.717) is 25.4 Å². The maximum atomic E-state index is 11.7. The molecule has 1 saturated heterocycles. The molecule has 0 aromatic heterocycles. The Bertz CT molecular complexity index is 302. The van der Waals surface area contributed by atoms with Crippen LogP contribution in [0.15, 0.2) is 0 Å². The maximum absolute atomic E-state index is 11.7. The zero-order chi connectivity index (χ0) is 12.3. The molecular formula is C12H21N3O2. The summed E-state index contributed by atoms with van der Waals surface area (Å²) in [5.41, 5.74) is 0. The highest BCUT2D eigenvalue weighted by molar-refractivity contribution is 5.82. The Morgan fingerprint density at radius 1 is 1.47 bits per heavy atom. The Morgan fingerprint density at radius 3 is 2.88 bits per heavy atom. The molecule has 96 valence electrons. The molecule has 0 aromatic rings. The second-order valence-corrected chi connectivity index (χ2v) is 4.95. The normalized spacial score (nSPS) is 24.2. The third kappa shape index (κ3) is 3.43. The van der Waals surface area contributed by atoms with Crippen LogP contribution in [-0.2, 0) is 9.59 Å². The van der Waals surface area contributed by atoms with Crippen LogP contribution in [0.3, 0.4) is 0 Å². The van der Waals surface area contributed by atoms with Crippen molar-refractivity contribution < 1.29 is 9.59 Å². The van der Waals surface area contributed by atoms with E-state index in [-0.39, 0.29) is 17.9 Å². The lowest BCUT2D eigenvalue weighted by molar-refractivity contribution is -0.128. The van der Waals surface area contributed by atoms with Crippen LogP contribution in [0, 0.1) is 0 Å². The molecule has 2 rings (SSSR count). The topological polar surface area (TPSA) is 61.4 Å². The van der Waals surface area contributed by atoms with Gasteiger partial charge in [-0.05, 0) is 32.9 Å². The summed E-state index contributed by atoms with van der Waals surface area (Å²) in [6.45, 7) is 1.56. The molecule has 1 heterocycles. The van der Waals surface area contributed by atoms with Gasteiger partial charge in [-0.1, -0.05) is 0 Å². The van der Waals surface area contributed by atoms with Gasteiger partial charge in [-0.25, -0.2) is 0 Å². The summed E-state index contributed by atoms with van der Waals surface area (Å²) in [6, 6.07) is 0.499. The first kappa shape index (κ1) is 12.4. The number of likely N-dealkylation sites (tertiary alicyclic amines) is 1. The minimum atomic E-state index is 0.0326. The molecule has 5 nitrogen and oxygen atoms in total. The van der Waals surface area contributed by atoms with Crippen LogP contribution in [-0.4, -0.2) is 48.9 Å². The second-order valence-electron chi connectivity index (χ2n) is 4.95. The van der Waals surface area contributed by atoms with Crippen LogP contribution in [0.5, 0.6) is 0 Å². The Balaban J connectivity index is 1.69. The molecule has 2 aliphatic rings. The van der Waals surface area contributed by atoms with Gasteiger partial charge in [0.05, 0.1) is 6.04 Å². The van der Waals surface area contributed by atoms with E-state index < -0.39 is 0 Å². The third-order valence-corrected chi connectivity index (χ3v) is 3.34. The van der Waals surface area contributed by atoms with Crippen molar-refractivity contribution in [2.75, 3.05) is 20.1 Å². The van der Waals surface area contributed by atoms with Crippen LogP contribution in [0.4, 0.5) is 0 Å². The Kier molecular flexibility index (Phi) is 3.99. The van der Waals surface area contributed by atoms with Gasteiger partial charge in [-0.3, -0.25) is 9.59 Å². The molecule has 5 heteroatoms. The molecule has 0 aromatic carbocycles. The molecule has 1 aliphatic heterocycles. The molecule has 0 radical (unpaired) electrons. The van der Waals surface area contributed by atoms with E-state index in [2.05, 4.69) is 10.6 Å². The number of hydrogen-bond donors (Lipinski definition) is 2. The zero-order valence-electron chi connectivity index (χ0n) is 10.4. The maximum Gasteiger partial charge on any atom is 0.225 e. The van der Waals surface area contributed by atoms with E-state index >= 15 is 0 Å². The van der Waals surface area contributed by atoms with Gasteiger partial charge in [-0.15, -0.1) is 0 Å². The van der Waals surface area contributed by atoms with Crippen molar-refractivity contribution in [2.45, 2.75) is 44.2 Å². The number of amides is 2. The predicted molar refractivity (Wildman–Crippen MR) is 64.4 cm³/mol. The Labute approximate surface area is 102 Å². The summed E-state index contributed by atoms with van der Waals surface area (Å²) in [7, 11) is 1.88. The van der Waals surface area contributed by atoms with Gasteiger partial charge in [-0.2, -0.15) is 0 Å². The summed E-state index contributed by atoms with van der Waals surface area (Å²) in [5.74, 6) is 0.267. The smallest absolute Gasteiger partial charge is 0.225 e. The van der Waals surface area contributed by atoms with Crippen molar-refractivity contribution in [2.24, 2.45) is 0 Å². The lowest BCUT2D eigenvalue weighted by Crippen LogP contribution is -2.37. The first-order chi connectivity index (χ1) is 8.20. The van der Waals surface area contributed by atoms with Gasteiger partial charge >= 0.3 is 0 Å². The molecule has 1 aliphatic carbocycles. The van der Waals surface area contributed by atoms with E-state index in [1.807, 2.05) is 11.9 Å². The molecule has 1 atom stereocenters. The number of nitrogens with zero attached hydrogens (tertiary/aromatic N) is 1. The van der Waals surface area contributed by atoms with Gasteiger partial charge in [0.15, 0.2) is 0 Å². The fourth-order valence-electron chi connectivity index (χ4n) is 2.29. The standard InChI is InChI=1S/C12H21N3O2/c1-13-6-2-3-11(16)14-9-7-12(17)15(8-9)10-4-5-10/h9-10,13H,2-8H2,1H3,(H,14,16). The zero-order valence-corrected chi connectivity index (χ0v) is 10.4. The minimum absolute atomic E-state index is 0.0326. The molecule has 2 amide bonds. The van der Waals surface area contributed by atoms with Crippen LogP contribution < -0.4 is 10.6 Å². The largest absolute Gasteiger partial charge is 0.351 e. The first-order valence-electron chi connectivity index (χ1n) is 6.44. The minimum Gasteiger partial charge on any atom is -0.351 e. The summed E-state index contributed by atoms with van der Waals surface area (Å²) < 4.78 is 0. The van der Waals surface area contributed by atoms with Crippen molar-refractivity contribution >= 4 is 11.8 Å². The summed E-state index contributed by atoms with van der Waals surface area (Å²) in [6.07, 6.45) is 4.13. The number of carbonyl (C=O) groups is 2. The molecule has 1 unspecified atom stereocenters. The molecule has 0 spiro atoms. The monoisotopic (exact) mass is 239 g/mol. The van der Waals surface area contributed by atoms with Crippen molar-refractivity contribution in [1.29, 1.82) is 0 Å². The van der Waals surface area contributed by atoms with Crippen LogP contribution in [0.2, 0.25) is 0 Å². The summed E-state index contributed by atoms with van der Waals surface area (Å²) in [4.78, 5) is 25.2. The van der Waals surface area contributed by atoms with Crippen molar-refractivity contribution in [1.82, 2.24) is 15.5 Å². The molecule has 1 saturated carbocycles. The first-order valence-corrected chi connectivity index (χ1v) is 6.44. The second kappa shape index (κ2) is 5.49. The average Bonchev–Trinajstić information content (AvgIpc) is 3.05. The van der Waals surface area contributed by atoms with E-state index in [0.717, 1.165) is 25.8 Å². The van der Waals surface area contributed by atoms with Crippen LogP contribution >= 0.6 is 0 Å². The van der Waals surface area contributed by atoms with E-state index in [1.165, 1.54) is 0 Å². The fourth-order valence-corrected chi connectivity index (χ4v) is 2.29. The van der Waals surface area contributed by atoms with Crippen molar-refractivity contribution in [3.05, 3.63) is 0 Å². The van der Waals surface area contributed by atoms with Crippen LogP contribution in [0.25, 0.3) is 0 Å². The van der Waals surface area contributed by atoms with Crippen LogP contribution in [0.1, 0.15) is 32.1 Å². The lowest BCUT2D eigenvalue weighted by atomic mass is 10.2. The average molecular weight is 239 g/mol. The quantitative estimate of drug-likeness (QED) is 0.635. The van der Waals surface area contributed by atoms with E-state index in [4.69, 9.17) is 0 Å². The Hall–Kier alpha value is -1.10. The molecule has 2 fully saturated rings. The highest BCUT2D eigenvalue weighted by atomic mass is 16.2. The lowest BCUT2D eigenvalue weighted by Gasteiger charge is -2.16. The number of nitrogens with one attached hydrogen (secondary N) is 2. The Morgan fingerprint density at radius 2 is 2.24 bits per heavy atom. The molecule has 17 heavy (non-hydrogen) atoms. The van der Waals surface area contributed by atoms with Gasteiger partial charge in [0, 0.05) is 25.4 Å².